The Balaban J connectivity index is 2.18. The van der Waals surface area contributed by atoms with Crippen LogP contribution in [-0.2, 0) is 16.0 Å². The molecule has 0 saturated carbocycles. The minimum Gasteiger partial charge on any atom is -0.468 e. The molecule has 1 atom stereocenters. The molecule has 1 aliphatic rings. The van der Waals surface area contributed by atoms with E-state index in [-0.39, 0.29) is 11.9 Å². The number of rotatable bonds is 2. The number of carbonyl (C=O) groups excluding carboxylic acids is 1. The zero-order chi connectivity index (χ0) is 11.5. The van der Waals surface area contributed by atoms with Crippen LogP contribution in [-0.4, -0.2) is 13.1 Å². The van der Waals surface area contributed by atoms with Gasteiger partial charge in [0.2, 0.25) is 0 Å². The smallest absolute Gasteiger partial charge is 0.316 e. The van der Waals surface area contributed by atoms with Crippen molar-refractivity contribution in [3.63, 3.8) is 0 Å². The van der Waals surface area contributed by atoms with E-state index in [0.717, 1.165) is 17.7 Å². The van der Waals surface area contributed by atoms with Crippen molar-refractivity contribution in [1.29, 1.82) is 0 Å². The summed E-state index contributed by atoms with van der Waals surface area (Å²) >= 11 is 0. The fraction of sp³-hybridized carbons (Fsp3) is 0.308. The highest BCUT2D eigenvalue weighted by Gasteiger charge is 2.23. The van der Waals surface area contributed by atoms with Gasteiger partial charge in [0.1, 0.15) is 17.4 Å². The molecule has 16 heavy (non-hydrogen) atoms. The Kier molecular flexibility index (Phi) is 2.95. The molecule has 1 aliphatic heterocycles. The van der Waals surface area contributed by atoms with Crippen LogP contribution in [0.15, 0.2) is 36.1 Å². The SMILES string of the molecule is COC(=O)C(C)C1=CCc2ccccc2O1. The van der Waals surface area contributed by atoms with Gasteiger partial charge in [-0.2, -0.15) is 0 Å². The number of methoxy groups -OCH3 is 1. The van der Waals surface area contributed by atoms with Gasteiger partial charge in [0, 0.05) is 0 Å². The monoisotopic (exact) mass is 218 g/mol. The highest BCUT2D eigenvalue weighted by Crippen LogP contribution is 2.29. The number of esters is 1. The van der Waals surface area contributed by atoms with Crippen molar-refractivity contribution < 1.29 is 14.3 Å². The normalized spacial score (nSPS) is 15.5. The van der Waals surface area contributed by atoms with E-state index in [1.54, 1.807) is 6.92 Å². The molecule has 84 valence electrons. The Morgan fingerprint density at radius 3 is 2.94 bits per heavy atom. The molecule has 3 nitrogen and oxygen atoms in total. The molecule has 0 fully saturated rings. The Labute approximate surface area is 94.7 Å². The van der Waals surface area contributed by atoms with Crippen molar-refractivity contribution in [3.05, 3.63) is 41.7 Å². The maximum atomic E-state index is 11.4. The second kappa shape index (κ2) is 4.39. The van der Waals surface area contributed by atoms with Crippen LogP contribution in [0.5, 0.6) is 5.75 Å². The van der Waals surface area contributed by atoms with Crippen molar-refractivity contribution in [2.24, 2.45) is 5.92 Å². The molecule has 1 heterocycles. The highest BCUT2D eigenvalue weighted by molar-refractivity contribution is 5.75. The van der Waals surface area contributed by atoms with Gasteiger partial charge >= 0.3 is 5.97 Å². The number of hydrogen-bond acceptors (Lipinski definition) is 3. The summed E-state index contributed by atoms with van der Waals surface area (Å²) in [7, 11) is 1.39. The number of ether oxygens (including phenoxy) is 2. The number of carbonyl (C=O) groups is 1. The van der Waals surface area contributed by atoms with Gasteiger partial charge in [-0.15, -0.1) is 0 Å². The molecule has 0 amide bonds. The summed E-state index contributed by atoms with van der Waals surface area (Å²) < 4.78 is 10.4. The Hall–Kier alpha value is -1.77. The second-order valence-electron chi connectivity index (χ2n) is 3.77. The van der Waals surface area contributed by atoms with Crippen LogP contribution in [0.4, 0.5) is 0 Å². The summed E-state index contributed by atoms with van der Waals surface area (Å²) in [5.74, 6) is 0.880. The molecule has 1 unspecified atom stereocenters. The first-order valence-electron chi connectivity index (χ1n) is 5.26. The third-order valence-electron chi connectivity index (χ3n) is 2.71. The van der Waals surface area contributed by atoms with Crippen LogP contribution in [0, 0.1) is 5.92 Å². The molecule has 0 aromatic heterocycles. The fourth-order valence-corrected chi connectivity index (χ4v) is 1.71. The standard InChI is InChI=1S/C13H14O3/c1-9(13(14)15-2)11-8-7-10-5-3-4-6-12(10)16-11/h3-6,8-9H,7H2,1-2H3. The van der Waals surface area contributed by atoms with Crippen molar-refractivity contribution in [2.45, 2.75) is 13.3 Å². The van der Waals surface area contributed by atoms with Gasteiger partial charge in [0.25, 0.3) is 0 Å². The predicted molar refractivity (Wildman–Crippen MR) is 60.0 cm³/mol. The number of benzene rings is 1. The molecule has 0 bridgehead atoms. The third kappa shape index (κ3) is 1.94. The van der Waals surface area contributed by atoms with Crippen LogP contribution >= 0.6 is 0 Å². The zero-order valence-electron chi connectivity index (χ0n) is 9.40. The minimum atomic E-state index is -0.349. The van der Waals surface area contributed by atoms with E-state index in [1.165, 1.54) is 7.11 Å². The first kappa shape index (κ1) is 10.7. The first-order valence-corrected chi connectivity index (χ1v) is 5.26. The van der Waals surface area contributed by atoms with E-state index in [0.29, 0.717) is 5.76 Å². The molecule has 0 N–H and O–H groups in total. The molecule has 0 radical (unpaired) electrons. The second-order valence-corrected chi connectivity index (χ2v) is 3.77. The molecule has 1 aromatic rings. The largest absolute Gasteiger partial charge is 0.468 e. The van der Waals surface area contributed by atoms with Gasteiger partial charge in [-0.1, -0.05) is 18.2 Å². The van der Waals surface area contributed by atoms with E-state index < -0.39 is 0 Å². The molecule has 2 rings (SSSR count). The summed E-state index contributed by atoms with van der Waals surface area (Å²) in [5, 5.41) is 0. The number of allylic oxidation sites excluding steroid dienone is 1. The lowest BCUT2D eigenvalue weighted by molar-refractivity contribution is -0.144. The summed E-state index contributed by atoms with van der Waals surface area (Å²) in [6.45, 7) is 1.78. The van der Waals surface area contributed by atoms with Crippen molar-refractivity contribution in [1.82, 2.24) is 0 Å². The first-order chi connectivity index (χ1) is 7.72. The molecule has 3 heteroatoms. The average Bonchev–Trinajstić information content (AvgIpc) is 2.36. The lowest BCUT2D eigenvalue weighted by atomic mass is 10.0. The van der Waals surface area contributed by atoms with Crippen LogP contribution in [0.25, 0.3) is 0 Å². The maximum absolute atomic E-state index is 11.4. The minimum absolute atomic E-state index is 0.273. The maximum Gasteiger partial charge on any atom is 0.316 e. The van der Waals surface area contributed by atoms with Crippen LogP contribution < -0.4 is 4.74 Å². The zero-order valence-corrected chi connectivity index (χ0v) is 9.40. The van der Waals surface area contributed by atoms with Crippen LogP contribution in [0.3, 0.4) is 0 Å². The molecule has 1 aromatic carbocycles. The van der Waals surface area contributed by atoms with Gasteiger partial charge in [0.05, 0.1) is 7.11 Å². The molecule has 0 aliphatic carbocycles. The highest BCUT2D eigenvalue weighted by atomic mass is 16.5. The van der Waals surface area contributed by atoms with Crippen LogP contribution in [0.1, 0.15) is 12.5 Å². The summed E-state index contributed by atoms with van der Waals surface area (Å²) in [6.07, 6.45) is 2.73. The molecule has 0 spiro atoms. The number of fused-ring (bicyclic) bond motifs is 1. The van der Waals surface area contributed by atoms with Gasteiger partial charge in [-0.25, -0.2) is 0 Å². The van der Waals surface area contributed by atoms with Crippen molar-refractivity contribution in [2.75, 3.05) is 7.11 Å². The van der Waals surface area contributed by atoms with Crippen LogP contribution in [0.2, 0.25) is 0 Å². The molecule has 0 saturated heterocycles. The quantitative estimate of drug-likeness (QED) is 0.714. The lowest BCUT2D eigenvalue weighted by Gasteiger charge is -2.21. The topological polar surface area (TPSA) is 35.5 Å². The number of para-hydroxylation sites is 1. The summed E-state index contributed by atoms with van der Waals surface area (Å²) in [5.41, 5.74) is 1.14. The Morgan fingerprint density at radius 1 is 1.44 bits per heavy atom. The number of hydrogen-bond donors (Lipinski definition) is 0. The predicted octanol–water partition coefficient (Wildman–Crippen LogP) is 2.31. The van der Waals surface area contributed by atoms with E-state index >= 15 is 0 Å². The van der Waals surface area contributed by atoms with E-state index in [1.807, 2.05) is 30.3 Å². The van der Waals surface area contributed by atoms with Crippen molar-refractivity contribution in [3.8, 4) is 5.75 Å². The summed E-state index contributed by atoms with van der Waals surface area (Å²) in [6, 6.07) is 7.83. The molecular weight excluding hydrogens is 204 g/mol. The van der Waals surface area contributed by atoms with Gasteiger partial charge in [-0.3, -0.25) is 4.79 Å². The Morgan fingerprint density at radius 2 is 2.19 bits per heavy atom. The van der Waals surface area contributed by atoms with E-state index in [9.17, 15) is 4.79 Å². The third-order valence-corrected chi connectivity index (χ3v) is 2.71. The van der Waals surface area contributed by atoms with Crippen molar-refractivity contribution >= 4 is 5.97 Å². The fourth-order valence-electron chi connectivity index (χ4n) is 1.71. The van der Waals surface area contributed by atoms with E-state index in [2.05, 4.69) is 0 Å². The van der Waals surface area contributed by atoms with E-state index in [4.69, 9.17) is 9.47 Å². The van der Waals surface area contributed by atoms with Gasteiger partial charge in [-0.05, 0) is 31.1 Å². The Bertz CT molecular complexity index is 435. The summed E-state index contributed by atoms with van der Waals surface area (Å²) in [4.78, 5) is 11.4. The lowest BCUT2D eigenvalue weighted by Crippen LogP contribution is -2.20. The average molecular weight is 218 g/mol. The molecular formula is C13H14O3. The van der Waals surface area contributed by atoms with Gasteiger partial charge in [0.15, 0.2) is 0 Å². The van der Waals surface area contributed by atoms with Gasteiger partial charge < -0.3 is 9.47 Å².